The van der Waals surface area contributed by atoms with Gasteiger partial charge in [-0.25, -0.2) is 0 Å². The molecule has 1 fully saturated rings. The zero-order chi connectivity index (χ0) is 11.0. The highest BCUT2D eigenvalue weighted by Gasteiger charge is 2.22. The maximum Gasteiger partial charge on any atom is 0.0806 e. The summed E-state index contributed by atoms with van der Waals surface area (Å²) in [7, 11) is 0. The third kappa shape index (κ3) is 1.76. The van der Waals surface area contributed by atoms with Crippen molar-refractivity contribution < 1.29 is 5.11 Å². The van der Waals surface area contributed by atoms with Gasteiger partial charge in [-0.1, -0.05) is 37.5 Å². The number of benzene rings is 1. The summed E-state index contributed by atoms with van der Waals surface area (Å²) in [5.74, 6) is 0.755. The topological polar surface area (TPSA) is 20.2 Å². The molecule has 84 valence electrons. The third-order valence-corrected chi connectivity index (χ3v) is 4.63. The van der Waals surface area contributed by atoms with Gasteiger partial charge in [-0.2, -0.15) is 0 Å². The lowest BCUT2D eigenvalue weighted by Gasteiger charge is -2.27. The quantitative estimate of drug-likeness (QED) is 0.843. The van der Waals surface area contributed by atoms with Gasteiger partial charge in [0.25, 0.3) is 0 Å². The fraction of sp³-hybridized carbons (Fsp3) is 0.429. The Morgan fingerprint density at radius 1 is 1.31 bits per heavy atom. The molecule has 1 aliphatic carbocycles. The Hall–Kier alpha value is -0.860. The molecule has 1 N–H and O–H groups in total. The van der Waals surface area contributed by atoms with Crippen molar-refractivity contribution in [1.29, 1.82) is 0 Å². The Balaban J connectivity index is 1.88. The van der Waals surface area contributed by atoms with E-state index in [4.69, 9.17) is 0 Å². The largest absolute Gasteiger partial charge is 0.388 e. The fourth-order valence-electron chi connectivity index (χ4n) is 2.45. The van der Waals surface area contributed by atoms with Crippen molar-refractivity contribution >= 4 is 21.4 Å². The van der Waals surface area contributed by atoms with E-state index in [9.17, 15) is 5.11 Å². The second-order valence-electron chi connectivity index (χ2n) is 4.73. The van der Waals surface area contributed by atoms with Gasteiger partial charge in [0, 0.05) is 4.70 Å². The second kappa shape index (κ2) is 4.19. The highest BCUT2D eigenvalue weighted by molar-refractivity contribution is 7.17. The summed E-state index contributed by atoms with van der Waals surface area (Å²) in [4.78, 5) is 0. The standard InChI is InChI=1S/C14H16OS/c15-13(9-10-3-1-4-10)12-6-2-5-11-7-8-16-14(11)12/h2,5-8,10,13,15H,1,3-4,9H2. The number of thiophene rings is 1. The first kappa shape index (κ1) is 10.3. The van der Waals surface area contributed by atoms with Gasteiger partial charge in [-0.15, -0.1) is 11.3 Å². The van der Waals surface area contributed by atoms with Crippen molar-refractivity contribution in [3.63, 3.8) is 0 Å². The minimum atomic E-state index is -0.271. The van der Waals surface area contributed by atoms with Crippen LogP contribution in [0.3, 0.4) is 0 Å². The molecule has 0 radical (unpaired) electrons. The van der Waals surface area contributed by atoms with E-state index < -0.39 is 0 Å². The van der Waals surface area contributed by atoms with Crippen LogP contribution in [-0.4, -0.2) is 5.11 Å². The number of hydrogen-bond acceptors (Lipinski definition) is 2. The summed E-state index contributed by atoms with van der Waals surface area (Å²) in [5.41, 5.74) is 1.12. The molecule has 0 spiro atoms. The summed E-state index contributed by atoms with van der Waals surface area (Å²) >= 11 is 1.73. The van der Waals surface area contributed by atoms with Crippen LogP contribution in [0.2, 0.25) is 0 Å². The van der Waals surface area contributed by atoms with Gasteiger partial charge in [0.1, 0.15) is 0 Å². The van der Waals surface area contributed by atoms with Gasteiger partial charge in [-0.3, -0.25) is 0 Å². The SMILES string of the molecule is OC(CC1CCC1)c1cccc2ccsc12. The summed E-state index contributed by atoms with van der Waals surface area (Å²) in [6.45, 7) is 0. The molecule has 1 unspecified atom stereocenters. The normalized spacial score (nSPS) is 18.6. The van der Waals surface area contributed by atoms with E-state index in [2.05, 4.69) is 23.6 Å². The van der Waals surface area contributed by atoms with Crippen molar-refractivity contribution in [3.8, 4) is 0 Å². The van der Waals surface area contributed by atoms with E-state index in [1.807, 2.05) is 6.07 Å². The molecule has 1 saturated carbocycles. The van der Waals surface area contributed by atoms with Crippen LogP contribution >= 0.6 is 11.3 Å². The number of aliphatic hydroxyl groups is 1. The van der Waals surface area contributed by atoms with Gasteiger partial charge in [0.2, 0.25) is 0 Å². The molecule has 0 bridgehead atoms. The lowest BCUT2D eigenvalue weighted by molar-refractivity contribution is 0.120. The van der Waals surface area contributed by atoms with Crippen LogP contribution < -0.4 is 0 Å². The molecule has 0 saturated heterocycles. The Labute approximate surface area is 99.7 Å². The summed E-state index contributed by atoms with van der Waals surface area (Å²) in [5, 5.41) is 13.6. The van der Waals surface area contributed by atoms with Gasteiger partial charge in [-0.05, 0) is 34.7 Å². The zero-order valence-corrected chi connectivity index (χ0v) is 10.0. The zero-order valence-electron chi connectivity index (χ0n) is 9.23. The molecule has 1 nitrogen and oxygen atoms in total. The molecular formula is C14H16OS. The van der Waals surface area contributed by atoms with Crippen molar-refractivity contribution in [1.82, 2.24) is 0 Å². The minimum Gasteiger partial charge on any atom is -0.388 e. The van der Waals surface area contributed by atoms with E-state index in [1.165, 1.54) is 29.3 Å². The van der Waals surface area contributed by atoms with E-state index in [1.54, 1.807) is 11.3 Å². The smallest absolute Gasteiger partial charge is 0.0806 e. The fourth-order valence-corrected chi connectivity index (χ4v) is 3.41. The van der Waals surface area contributed by atoms with Crippen LogP contribution in [0, 0.1) is 5.92 Å². The lowest BCUT2D eigenvalue weighted by atomic mass is 9.80. The van der Waals surface area contributed by atoms with Crippen LogP contribution in [-0.2, 0) is 0 Å². The molecule has 0 aliphatic heterocycles. The number of rotatable bonds is 3. The van der Waals surface area contributed by atoms with E-state index in [0.29, 0.717) is 0 Å². The highest BCUT2D eigenvalue weighted by atomic mass is 32.1. The predicted octanol–water partition coefficient (Wildman–Crippen LogP) is 4.12. The van der Waals surface area contributed by atoms with E-state index in [0.717, 1.165) is 17.9 Å². The molecule has 0 amide bonds. The van der Waals surface area contributed by atoms with Crippen molar-refractivity contribution in [2.45, 2.75) is 31.8 Å². The molecule has 2 aromatic rings. The molecular weight excluding hydrogens is 216 g/mol. The molecule has 1 aliphatic rings. The van der Waals surface area contributed by atoms with Crippen LogP contribution in [0.5, 0.6) is 0 Å². The first-order valence-corrected chi connectivity index (χ1v) is 6.87. The van der Waals surface area contributed by atoms with Crippen LogP contribution in [0.4, 0.5) is 0 Å². The summed E-state index contributed by atoms with van der Waals surface area (Å²) in [6.07, 6.45) is 4.62. The Morgan fingerprint density at radius 2 is 2.19 bits per heavy atom. The van der Waals surface area contributed by atoms with Crippen LogP contribution in [0.25, 0.3) is 10.1 Å². The Kier molecular flexibility index (Phi) is 2.70. The second-order valence-corrected chi connectivity index (χ2v) is 5.65. The molecule has 1 aromatic heterocycles. The predicted molar refractivity (Wildman–Crippen MR) is 68.7 cm³/mol. The van der Waals surface area contributed by atoms with E-state index in [-0.39, 0.29) is 6.10 Å². The summed E-state index contributed by atoms with van der Waals surface area (Å²) < 4.78 is 1.26. The van der Waals surface area contributed by atoms with Crippen molar-refractivity contribution in [3.05, 3.63) is 35.2 Å². The monoisotopic (exact) mass is 232 g/mol. The average molecular weight is 232 g/mol. The lowest BCUT2D eigenvalue weighted by Crippen LogP contribution is -2.14. The first-order chi connectivity index (χ1) is 7.84. The maximum absolute atomic E-state index is 10.3. The minimum absolute atomic E-state index is 0.271. The highest BCUT2D eigenvalue weighted by Crippen LogP contribution is 2.37. The van der Waals surface area contributed by atoms with Crippen LogP contribution in [0.1, 0.15) is 37.4 Å². The number of fused-ring (bicyclic) bond motifs is 1. The molecule has 2 heteroatoms. The molecule has 1 atom stereocenters. The number of hydrogen-bond donors (Lipinski definition) is 1. The van der Waals surface area contributed by atoms with Gasteiger partial charge in [0.15, 0.2) is 0 Å². The third-order valence-electron chi connectivity index (χ3n) is 3.65. The maximum atomic E-state index is 10.3. The molecule has 1 heterocycles. The van der Waals surface area contributed by atoms with Crippen LogP contribution in [0.15, 0.2) is 29.6 Å². The number of aliphatic hydroxyl groups excluding tert-OH is 1. The van der Waals surface area contributed by atoms with E-state index >= 15 is 0 Å². The molecule has 16 heavy (non-hydrogen) atoms. The first-order valence-electron chi connectivity index (χ1n) is 5.99. The Bertz CT molecular complexity index is 484. The molecule has 1 aromatic carbocycles. The van der Waals surface area contributed by atoms with Gasteiger partial charge in [0.05, 0.1) is 6.10 Å². The van der Waals surface area contributed by atoms with Gasteiger partial charge < -0.3 is 5.11 Å². The summed E-state index contributed by atoms with van der Waals surface area (Å²) in [6, 6.07) is 8.36. The molecule has 3 rings (SSSR count). The van der Waals surface area contributed by atoms with Gasteiger partial charge >= 0.3 is 0 Å². The van der Waals surface area contributed by atoms with Crippen molar-refractivity contribution in [2.75, 3.05) is 0 Å². The van der Waals surface area contributed by atoms with Crippen molar-refractivity contribution in [2.24, 2.45) is 5.92 Å². The Morgan fingerprint density at radius 3 is 2.94 bits per heavy atom. The average Bonchev–Trinajstić information content (AvgIpc) is 2.70.